The van der Waals surface area contributed by atoms with Gasteiger partial charge in [0.25, 0.3) is 5.91 Å². The molecule has 1 aliphatic rings. The van der Waals surface area contributed by atoms with Crippen molar-refractivity contribution in [3.8, 4) is 5.75 Å². The van der Waals surface area contributed by atoms with Gasteiger partial charge in [0.15, 0.2) is 17.3 Å². The molecule has 0 bridgehead atoms. The number of cyclic esters (lactones) is 1. The lowest BCUT2D eigenvalue weighted by atomic mass is 10.2. The first-order valence-electron chi connectivity index (χ1n) is 10.3. The molecule has 0 radical (unpaired) electrons. The maximum Gasteiger partial charge on any atom is 0.414 e. The molecule has 2 aromatic heterocycles. The molecule has 0 aliphatic carbocycles. The van der Waals surface area contributed by atoms with Crippen molar-refractivity contribution in [2.75, 3.05) is 18.0 Å². The fourth-order valence-corrected chi connectivity index (χ4v) is 3.36. The lowest BCUT2D eigenvalue weighted by Crippen LogP contribution is -2.34. The van der Waals surface area contributed by atoms with E-state index in [4.69, 9.17) is 13.9 Å². The summed E-state index contributed by atoms with van der Waals surface area (Å²) in [6.45, 7) is 5.88. The fourth-order valence-electron chi connectivity index (χ4n) is 3.36. The number of ether oxygens (including phenoxy) is 2. The van der Waals surface area contributed by atoms with Gasteiger partial charge >= 0.3 is 6.09 Å². The number of nitrogens with zero attached hydrogens (tertiary/aromatic N) is 3. The predicted molar refractivity (Wildman–Crippen MR) is 116 cm³/mol. The summed E-state index contributed by atoms with van der Waals surface area (Å²) >= 11 is 0. The number of carbonyl (C=O) groups excluding carboxylic acids is 2. The number of benzene rings is 1. The van der Waals surface area contributed by atoms with Crippen molar-refractivity contribution in [2.24, 2.45) is 0 Å². The van der Waals surface area contributed by atoms with Crippen LogP contribution in [0.3, 0.4) is 0 Å². The first-order valence-corrected chi connectivity index (χ1v) is 10.3. The number of rotatable bonds is 7. The Bertz CT molecular complexity index is 1180. The van der Waals surface area contributed by atoms with Gasteiger partial charge in [-0.1, -0.05) is 0 Å². The Morgan fingerprint density at radius 2 is 2.00 bits per heavy atom. The van der Waals surface area contributed by atoms with Crippen LogP contribution in [0.2, 0.25) is 0 Å². The minimum Gasteiger partial charge on any atom is -0.484 e. The molecular weight excluding hydrogens is 431 g/mol. The molecule has 33 heavy (non-hydrogen) atoms. The van der Waals surface area contributed by atoms with Crippen LogP contribution in [-0.2, 0) is 11.3 Å². The zero-order valence-corrected chi connectivity index (χ0v) is 18.4. The van der Waals surface area contributed by atoms with E-state index in [9.17, 15) is 14.0 Å². The van der Waals surface area contributed by atoms with Gasteiger partial charge in [0.1, 0.15) is 12.7 Å². The summed E-state index contributed by atoms with van der Waals surface area (Å²) in [5.74, 6) is -0.834. The standard InChI is InChI=1S/C23H23FN4O5/c1-13-14(2)27-19(15(3)26-13)12-32-20-7-6-16(9-18(20)24)28-11-17(33-23(28)30)10-25-22(29)21-5-4-8-31-21/h4-9,17H,10-12H2,1-3H3,(H,25,29)/t17-/m0/s1. The van der Waals surface area contributed by atoms with Crippen LogP contribution in [0.15, 0.2) is 41.0 Å². The van der Waals surface area contributed by atoms with Crippen LogP contribution in [0.4, 0.5) is 14.9 Å². The lowest BCUT2D eigenvalue weighted by molar-refractivity contribution is 0.0889. The fraction of sp³-hybridized carbons (Fsp3) is 0.304. The van der Waals surface area contributed by atoms with Crippen molar-refractivity contribution in [3.05, 3.63) is 70.9 Å². The van der Waals surface area contributed by atoms with Crippen molar-refractivity contribution in [2.45, 2.75) is 33.5 Å². The molecule has 0 spiro atoms. The summed E-state index contributed by atoms with van der Waals surface area (Å²) in [6, 6.07) is 7.36. The molecule has 9 nitrogen and oxygen atoms in total. The largest absolute Gasteiger partial charge is 0.484 e. The molecule has 172 valence electrons. The molecule has 0 unspecified atom stereocenters. The van der Waals surface area contributed by atoms with E-state index >= 15 is 0 Å². The van der Waals surface area contributed by atoms with Gasteiger partial charge < -0.3 is 19.2 Å². The van der Waals surface area contributed by atoms with Crippen LogP contribution >= 0.6 is 0 Å². The summed E-state index contributed by atoms with van der Waals surface area (Å²) in [7, 11) is 0. The van der Waals surface area contributed by atoms with Gasteiger partial charge in [-0.25, -0.2) is 9.18 Å². The van der Waals surface area contributed by atoms with E-state index in [1.165, 1.54) is 29.4 Å². The van der Waals surface area contributed by atoms with Crippen LogP contribution in [0.5, 0.6) is 5.75 Å². The van der Waals surface area contributed by atoms with E-state index in [-0.39, 0.29) is 31.2 Å². The highest BCUT2D eigenvalue weighted by atomic mass is 19.1. The second kappa shape index (κ2) is 9.27. The Morgan fingerprint density at radius 1 is 1.21 bits per heavy atom. The molecule has 2 amide bonds. The average Bonchev–Trinajstić information content (AvgIpc) is 3.44. The highest BCUT2D eigenvalue weighted by Gasteiger charge is 2.33. The third-order valence-electron chi connectivity index (χ3n) is 5.28. The van der Waals surface area contributed by atoms with Crippen molar-refractivity contribution in [1.29, 1.82) is 0 Å². The van der Waals surface area contributed by atoms with Crippen LogP contribution < -0.4 is 15.0 Å². The third kappa shape index (κ3) is 4.94. The molecule has 10 heteroatoms. The molecule has 0 saturated carbocycles. The monoisotopic (exact) mass is 454 g/mol. The number of hydrogen-bond acceptors (Lipinski definition) is 7. The highest BCUT2D eigenvalue weighted by molar-refractivity contribution is 5.92. The number of amides is 2. The Kier molecular flexibility index (Phi) is 6.25. The number of aryl methyl sites for hydroxylation is 3. The summed E-state index contributed by atoms with van der Waals surface area (Å²) in [6.07, 6.45) is 0.188. The van der Waals surface area contributed by atoms with E-state index in [0.29, 0.717) is 11.4 Å². The Hall–Kier alpha value is -3.95. The number of furan rings is 1. The van der Waals surface area contributed by atoms with Gasteiger partial charge in [0.05, 0.1) is 47.8 Å². The number of anilines is 1. The minimum absolute atomic E-state index is 0.0352. The zero-order chi connectivity index (χ0) is 23.5. The molecule has 4 rings (SSSR count). The Labute approximate surface area is 189 Å². The maximum atomic E-state index is 14.7. The van der Waals surface area contributed by atoms with E-state index in [1.54, 1.807) is 12.1 Å². The third-order valence-corrected chi connectivity index (χ3v) is 5.28. The molecule has 1 saturated heterocycles. The molecule has 3 heterocycles. The van der Waals surface area contributed by atoms with Crippen LogP contribution in [0, 0.1) is 26.6 Å². The van der Waals surface area contributed by atoms with Crippen molar-refractivity contribution < 1.29 is 27.9 Å². The number of nitrogens with one attached hydrogen (secondary N) is 1. The normalized spacial score (nSPS) is 15.5. The predicted octanol–water partition coefficient (Wildman–Crippen LogP) is 3.47. The zero-order valence-electron chi connectivity index (χ0n) is 18.4. The van der Waals surface area contributed by atoms with Crippen LogP contribution in [0.1, 0.15) is 33.3 Å². The second-order valence-corrected chi connectivity index (χ2v) is 7.63. The average molecular weight is 454 g/mol. The topological polar surface area (TPSA) is 107 Å². The number of carbonyl (C=O) groups is 2. The first kappa shape index (κ1) is 22.3. The Morgan fingerprint density at radius 3 is 2.73 bits per heavy atom. The maximum absolute atomic E-state index is 14.7. The van der Waals surface area contributed by atoms with Crippen LogP contribution in [-0.4, -0.2) is 41.2 Å². The molecule has 1 fully saturated rings. The Balaban J connectivity index is 1.36. The van der Waals surface area contributed by atoms with Gasteiger partial charge in [-0.05, 0) is 45.0 Å². The van der Waals surface area contributed by atoms with Gasteiger partial charge in [-0.2, -0.15) is 0 Å². The van der Waals surface area contributed by atoms with Gasteiger partial charge in [0.2, 0.25) is 0 Å². The smallest absolute Gasteiger partial charge is 0.414 e. The molecule has 1 atom stereocenters. The van der Waals surface area contributed by atoms with Crippen molar-refractivity contribution in [3.63, 3.8) is 0 Å². The molecule has 3 aromatic rings. The van der Waals surface area contributed by atoms with Crippen molar-refractivity contribution >= 4 is 17.7 Å². The summed E-state index contributed by atoms with van der Waals surface area (Å²) in [5, 5.41) is 2.64. The minimum atomic E-state index is -0.624. The number of hydrogen-bond donors (Lipinski definition) is 1. The SMILES string of the molecule is Cc1nc(C)c(COc2ccc(N3C[C@H](CNC(=O)c4ccco4)OC3=O)cc2F)nc1C. The summed E-state index contributed by atoms with van der Waals surface area (Å²) in [5.41, 5.74) is 3.30. The highest BCUT2D eigenvalue weighted by Crippen LogP contribution is 2.27. The van der Waals surface area contributed by atoms with Gasteiger partial charge in [-0.3, -0.25) is 19.7 Å². The quantitative estimate of drug-likeness (QED) is 0.583. The van der Waals surface area contributed by atoms with Crippen molar-refractivity contribution in [1.82, 2.24) is 15.3 Å². The van der Waals surface area contributed by atoms with E-state index in [1.807, 2.05) is 20.8 Å². The lowest BCUT2D eigenvalue weighted by Gasteiger charge is -2.15. The van der Waals surface area contributed by atoms with Gasteiger partial charge in [0, 0.05) is 6.07 Å². The number of aromatic nitrogens is 2. The molecule has 1 aromatic carbocycles. The van der Waals surface area contributed by atoms with Gasteiger partial charge in [-0.15, -0.1) is 0 Å². The molecule has 1 aliphatic heterocycles. The second-order valence-electron chi connectivity index (χ2n) is 7.63. The van der Waals surface area contributed by atoms with Crippen LogP contribution in [0.25, 0.3) is 0 Å². The van der Waals surface area contributed by atoms with E-state index in [0.717, 1.165) is 17.1 Å². The van der Waals surface area contributed by atoms with E-state index < -0.39 is 23.9 Å². The van der Waals surface area contributed by atoms with E-state index in [2.05, 4.69) is 15.3 Å². The first-order chi connectivity index (χ1) is 15.8. The summed E-state index contributed by atoms with van der Waals surface area (Å²) in [4.78, 5) is 34.4. The number of halogens is 1. The summed E-state index contributed by atoms with van der Waals surface area (Å²) < 4.78 is 30.6. The molecule has 1 N–H and O–H groups in total. The molecular formula is C23H23FN4O5.